The van der Waals surface area contributed by atoms with E-state index in [1.165, 1.54) is 22.3 Å². The summed E-state index contributed by atoms with van der Waals surface area (Å²) in [6, 6.07) is 4.30. The molecule has 0 aliphatic rings. The van der Waals surface area contributed by atoms with Crippen molar-refractivity contribution in [2.75, 3.05) is 53.4 Å². The summed E-state index contributed by atoms with van der Waals surface area (Å²) in [5, 5.41) is 0. The zero-order valence-corrected chi connectivity index (χ0v) is 16.7. The van der Waals surface area contributed by atoms with Crippen LogP contribution in [0.5, 0.6) is 0 Å². The van der Waals surface area contributed by atoms with E-state index in [-0.39, 0.29) is 0 Å². The van der Waals surface area contributed by atoms with Crippen LogP contribution >= 0.6 is 7.72 Å². The third-order valence-corrected chi connectivity index (χ3v) is 5.63. The predicted molar refractivity (Wildman–Crippen MR) is 100 cm³/mol. The van der Waals surface area contributed by atoms with Crippen molar-refractivity contribution in [3.63, 3.8) is 0 Å². The number of ether oxygens (including phenoxy) is 3. The minimum absolute atomic E-state index is 0.404. The summed E-state index contributed by atoms with van der Waals surface area (Å²) in [5.41, 5.74) is 4.88. The van der Waals surface area contributed by atoms with Gasteiger partial charge in [-0.2, -0.15) is 0 Å². The van der Waals surface area contributed by atoms with Crippen molar-refractivity contribution < 1.29 is 23.6 Å². The number of hydrogen-bond acceptors (Lipinski definition) is 5. The average molecular weight is 360 g/mol. The molecule has 0 heterocycles. The van der Waals surface area contributed by atoms with Crippen molar-refractivity contribution in [1.29, 1.82) is 0 Å². The van der Waals surface area contributed by atoms with Gasteiger partial charge in [-0.3, -0.25) is 0 Å². The molecule has 24 heavy (non-hydrogen) atoms. The van der Waals surface area contributed by atoms with E-state index in [9.17, 15) is 4.89 Å². The number of rotatable bonds is 12. The first-order chi connectivity index (χ1) is 11.4. The number of aryl methyl sites for hydroxylation is 3. The first-order valence-electron chi connectivity index (χ1n) is 8.43. The molecule has 0 unspecified atom stereocenters. The third kappa shape index (κ3) is 8.52. The molecule has 0 saturated heterocycles. The van der Waals surface area contributed by atoms with Gasteiger partial charge in [0.25, 0.3) is 0 Å². The van der Waals surface area contributed by atoms with Crippen molar-refractivity contribution in [3.8, 4) is 0 Å². The van der Waals surface area contributed by atoms with E-state index < -0.39 is 7.72 Å². The van der Waals surface area contributed by atoms with Crippen LogP contribution in [-0.2, 0) is 24.9 Å². The van der Waals surface area contributed by atoms with E-state index in [2.05, 4.69) is 32.9 Å². The summed E-state index contributed by atoms with van der Waals surface area (Å²) in [4.78, 5) is 10.6. The molecule has 1 rings (SSSR count). The fourth-order valence-electron chi connectivity index (χ4n) is 2.65. The summed E-state index contributed by atoms with van der Waals surface area (Å²) in [7, 11) is -1.09. The first kappa shape index (κ1) is 21.5. The molecular formula is C18H33O5P. The maximum absolute atomic E-state index is 10.6. The normalized spacial score (nSPS) is 12.6. The molecule has 5 nitrogen and oxygen atoms in total. The Bertz CT molecular complexity index is 467. The Morgan fingerprint density at radius 3 is 1.92 bits per heavy atom. The van der Waals surface area contributed by atoms with Crippen molar-refractivity contribution in [1.82, 2.24) is 0 Å². The third-order valence-electron chi connectivity index (χ3n) is 3.79. The fourth-order valence-corrected chi connectivity index (χ4v) is 4.49. The quantitative estimate of drug-likeness (QED) is 0.459. The molecule has 0 aromatic heterocycles. The number of hydrogen-bond donors (Lipinski definition) is 1. The standard InChI is InChI=1S/C18H33O5P/c1-15-12-16(2)18(17(3)13-15)14-24(5,19)23-11-10-22-9-8-21-7-6-20-4/h12-13,19,24H,6-11,14H2,1-5H3. The van der Waals surface area contributed by atoms with Crippen LogP contribution in [0, 0.1) is 20.8 Å². The second-order valence-electron chi connectivity index (χ2n) is 6.30. The average Bonchev–Trinajstić information content (AvgIpc) is 2.49. The van der Waals surface area contributed by atoms with Gasteiger partial charge in [-0.05, 0) is 0 Å². The Morgan fingerprint density at radius 2 is 1.38 bits per heavy atom. The molecule has 1 aromatic carbocycles. The van der Waals surface area contributed by atoms with Crippen molar-refractivity contribution in [3.05, 3.63) is 34.4 Å². The van der Waals surface area contributed by atoms with E-state index in [0.29, 0.717) is 45.8 Å². The Kier molecular flexibility index (Phi) is 9.98. The zero-order valence-electron chi connectivity index (χ0n) is 15.7. The maximum atomic E-state index is 10.6. The van der Waals surface area contributed by atoms with Crippen molar-refractivity contribution in [2.45, 2.75) is 26.9 Å². The molecule has 0 bridgehead atoms. The molecule has 140 valence electrons. The van der Waals surface area contributed by atoms with E-state index in [1.54, 1.807) is 7.11 Å². The van der Waals surface area contributed by atoms with Crippen LogP contribution < -0.4 is 0 Å². The van der Waals surface area contributed by atoms with Crippen molar-refractivity contribution >= 4 is 7.72 Å². The second-order valence-corrected chi connectivity index (χ2v) is 9.29. The summed E-state index contributed by atoms with van der Waals surface area (Å²) < 4.78 is 21.4. The number of methoxy groups -OCH3 is 1. The molecular weight excluding hydrogens is 327 g/mol. The molecule has 0 atom stereocenters. The van der Waals surface area contributed by atoms with Crippen LogP contribution in [0.4, 0.5) is 0 Å². The van der Waals surface area contributed by atoms with Gasteiger partial charge in [0, 0.05) is 0 Å². The Hall–Kier alpha value is -0.550. The van der Waals surface area contributed by atoms with Gasteiger partial charge in [-0.25, -0.2) is 0 Å². The molecule has 0 fully saturated rings. The Labute approximate surface area is 146 Å². The van der Waals surface area contributed by atoms with Gasteiger partial charge in [0.2, 0.25) is 0 Å². The molecule has 6 heteroatoms. The van der Waals surface area contributed by atoms with Crippen LogP contribution in [-0.4, -0.2) is 58.3 Å². The van der Waals surface area contributed by atoms with Crippen LogP contribution in [0.3, 0.4) is 0 Å². The van der Waals surface area contributed by atoms with Gasteiger partial charge >= 0.3 is 146 Å². The minimum atomic E-state index is -2.74. The molecule has 0 spiro atoms. The second kappa shape index (κ2) is 11.1. The van der Waals surface area contributed by atoms with E-state index in [1.807, 2.05) is 6.66 Å². The van der Waals surface area contributed by atoms with Crippen molar-refractivity contribution in [2.24, 2.45) is 0 Å². The summed E-state index contributed by atoms with van der Waals surface area (Å²) in [6.07, 6.45) is 0.602. The Morgan fingerprint density at radius 1 is 0.875 bits per heavy atom. The Balaban J connectivity index is 2.27. The van der Waals surface area contributed by atoms with Gasteiger partial charge in [0.05, 0.1) is 0 Å². The molecule has 0 saturated carbocycles. The molecule has 0 radical (unpaired) electrons. The van der Waals surface area contributed by atoms with Gasteiger partial charge in [0.15, 0.2) is 0 Å². The van der Waals surface area contributed by atoms with Crippen LogP contribution in [0.2, 0.25) is 0 Å². The van der Waals surface area contributed by atoms with Gasteiger partial charge in [-0.1, -0.05) is 0 Å². The van der Waals surface area contributed by atoms with Crippen LogP contribution in [0.25, 0.3) is 0 Å². The predicted octanol–water partition coefficient (Wildman–Crippen LogP) is 3.01. The monoisotopic (exact) mass is 360 g/mol. The SMILES string of the molecule is COCCOCCOCCO[PH](C)(O)Cc1c(C)cc(C)cc1C. The van der Waals surface area contributed by atoms with Crippen LogP contribution in [0.1, 0.15) is 22.3 Å². The topological polar surface area (TPSA) is 57.2 Å². The summed E-state index contributed by atoms with van der Waals surface area (Å²) in [5.74, 6) is 0. The van der Waals surface area contributed by atoms with Gasteiger partial charge < -0.3 is 0 Å². The molecule has 0 aliphatic heterocycles. The summed E-state index contributed by atoms with van der Waals surface area (Å²) >= 11 is 0. The fraction of sp³-hybridized carbons (Fsp3) is 0.667. The first-order valence-corrected chi connectivity index (χ1v) is 11.0. The summed E-state index contributed by atoms with van der Waals surface area (Å²) in [6.45, 7) is 11.2. The molecule has 0 amide bonds. The van der Waals surface area contributed by atoms with E-state index >= 15 is 0 Å². The van der Waals surface area contributed by atoms with E-state index in [0.717, 1.165) is 0 Å². The molecule has 1 aromatic rings. The van der Waals surface area contributed by atoms with E-state index in [4.69, 9.17) is 18.7 Å². The van der Waals surface area contributed by atoms with Crippen LogP contribution in [0.15, 0.2) is 12.1 Å². The molecule has 0 aliphatic carbocycles. The number of benzene rings is 1. The van der Waals surface area contributed by atoms with Gasteiger partial charge in [-0.15, -0.1) is 0 Å². The zero-order chi connectivity index (χ0) is 18.0. The van der Waals surface area contributed by atoms with Gasteiger partial charge in [0.1, 0.15) is 0 Å². The molecule has 1 N–H and O–H groups in total.